The number of hydrogen-bond donors (Lipinski definition) is 1. The third-order valence-electron chi connectivity index (χ3n) is 3.17. The van der Waals surface area contributed by atoms with E-state index in [2.05, 4.69) is 44.9 Å². The molecule has 1 aromatic rings. The van der Waals surface area contributed by atoms with Crippen LogP contribution < -0.4 is 5.73 Å². The molecule has 0 amide bonds. The molecular weight excluding hydrogens is 230 g/mol. The molecule has 0 spiro atoms. The van der Waals surface area contributed by atoms with E-state index in [9.17, 15) is 0 Å². The van der Waals surface area contributed by atoms with Crippen LogP contribution in [0.15, 0.2) is 61.7 Å². The normalized spacial score (nSPS) is 11.2. The molecule has 0 unspecified atom stereocenters. The predicted molar refractivity (Wildman–Crippen MR) is 86.1 cm³/mol. The average Bonchev–Trinajstić information content (AvgIpc) is 2.44. The molecule has 0 aliphatic heterocycles. The van der Waals surface area contributed by atoms with Crippen LogP contribution in [0.25, 0.3) is 5.57 Å². The zero-order valence-electron chi connectivity index (χ0n) is 11.8. The summed E-state index contributed by atoms with van der Waals surface area (Å²) < 4.78 is 0. The van der Waals surface area contributed by atoms with Gasteiger partial charge in [-0.2, -0.15) is 0 Å². The maximum absolute atomic E-state index is 5.61. The van der Waals surface area contributed by atoms with Gasteiger partial charge in [-0.05, 0) is 47.2 Å². The van der Waals surface area contributed by atoms with Crippen molar-refractivity contribution in [2.45, 2.75) is 19.8 Å². The van der Waals surface area contributed by atoms with Gasteiger partial charge in [0.15, 0.2) is 0 Å². The summed E-state index contributed by atoms with van der Waals surface area (Å²) in [6, 6.07) is 6.48. The molecule has 0 aromatic heterocycles. The van der Waals surface area contributed by atoms with Crippen LogP contribution in [0.3, 0.4) is 0 Å². The molecule has 0 aliphatic rings. The Labute approximate surface area is 116 Å². The average molecular weight is 253 g/mol. The van der Waals surface area contributed by atoms with Crippen molar-refractivity contribution in [1.29, 1.82) is 0 Å². The van der Waals surface area contributed by atoms with Crippen molar-refractivity contribution in [2.24, 2.45) is 5.73 Å². The summed E-state index contributed by atoms with van der Waals surface area (Å²) in [5.41, 5.74) is 11.4. The fourth-order valence-electron chi connectivity index (χ4n) is 2.13. The highest BCUT2D eigenvalue weighted by atomic mass is 14.5. The Kier molecular flexibility index (Phi) is 6.04. The molecule has 0 aliphatic carbocycles. The van der Waals surface area contributed by atoms with Crippen LogP contribution >= 0.6 is 0 Å². The quantitative estimate of drug-likeness (QED) is 0.729. The second-order valence-corrected chi connectivity index (χ2v) is 4.42. The monoisotopic (exact) mass is 253 g/mol. The highest BCUT2D eigenvalue weighted by Gasteiger charge is 2.08. The van der Waals surface area contributed by atoms with Gasteiger partial charge >= 0.3 is 0 Å². The summed E-state index contributed by atoms with van der Waals surface area (Å²) >= 11 is 0. The molecule has 0 heterocycles. The van der Waals surface area contributed by atoms with Gasteiger partial charge in [-0.3, -0.25) is 0 Å². The first-order valence-corrected chi connectivity index (χ1v) is 6.64. The lowest BCUT2D eigenvalue weighted by Gasteiger charge is -2.13. The lowest BCUT2D eigenvalue weighted by Crippen LogP contribution is -2.04. The molecule has 0 saturated carbocycles. The molecule has 2 N–H and O–H groups in total. The van der Waals surface area contributed by atoms with E-state index in [0.717, 1.165) is 24.0 Å². The summed E-state index contributed by atoms with van der Waals surface area (Å²) in [7, 11) is 0. The van der Waals surface area contributed by atoms with Crippen molar-refractivity contribution in [3.05, 3.63) is 78.4 Å². The van der Waals surface area contributed by atoms with Crippen molar-refractivity contribution >= 4 is 5.57 Å². The summed E-state index contributed by atoms with van der Waals surface area (Å²) in [6.07, 6.45) is 7.40. The van der Waals surface area contributed by atoms with Crippen LogP contribution in [0.2, 0.25) is 0 Å². The Morgan fingerprint density at radius 1 is 1.32 bits per heavy atom. The minimum Gasteiger partial charge on any atom is -0.330 e. The van der Waals surface area contributed by atoms with Crippen molar-refractivity contribution in [1.82, 2.24) is 0 Å². The molecule has 100 valence electrons. The Morgan fingerprint density at radius 3 is 2.58 bits per heavy atom. The predicted octanol–water partition coefficient (Wildman–Crippen LogP) is 4.06. The summed E-state index contributed by atoms with van der Waals surface area (Å²) in [5.74, 6) is 0. The van der Waals surface area contributed by atoms with E-state index in [0.29, 0.717) is 6.54 Å². The van der Waals surface area contributed by atoms with E-state index < -0.39 is 0 Å². The molecule has 19 heavy (non-hydrogen) atoms. The van der Waals surface area contributed by atoms with Crippen LogP contribution in [-0.2, 0) is 12.8 Å². The lowest BCUT2D eigenvalue weighted by atomic mass is 9.91. The molecule has 0 radical (unpaired) electrons. The van der Waals surface area contributed by atoms with Gasteiger partial charge in [-0.1, -0.05) is 63.1 Å². The number of benzene rings is 1. The van der Waals surface area contributed by atoms with Crippen LogP contribution in [0.5, 0.6) is 0 Å². The van der Waals surface area contributed by atoms with Gasteiger partial charge in [-0.25, -0.2) is 0 Å². The van der Waals surface area contributed by atoms with Crippen molar-refractivity contribution in [3.63, 3.8) is 0 Å². The number of nitrogens with two attached hydrogens (primary N) is 1. The molecule has 0 saturated heterocycles. The molecule has 0 atom stereocenters. The fraction of sp³-hybridized carbons (Fsp3) is 0.222. The first-order valence-electron chi connectivity index (χ1n) is 6.64. The molecule has 1 rings (SSSR count). The van der Waals surface area contributed by atoms with Gasteiger partial charge in [0.05, 0.1) is 0 Å². The SMILES string of the molecule is C=C/C=C(\C=C)C(=C)c1ccc(CCN)cc1CC. The van der Waals surface area contributed by atoms with Gasteiger partial charge < -0.3 is 5.73 Å². The minimum atomic E-state index is 0.678. The van der Waals surface area contributed by atoms with Gasteiger partial charge in [0.1, 0.15) is 0 Å². The smallest absolute Gasteiger partial charge is 0.00367 e. The van der Waals surface area contributed by atoms with Gasteiger partial charge in [0, 0.05) is 0 Å². The number of allylic oxidation sites excluding steroid dienone is 5. The first-order chi connectivity index (χ1) is 9.17. The van der Waals surface area contributed by atoms with E-state index in [-0.39, 0.29) is 0 Å². The number of hydrogen-bond acceptors (Lipinski definition) is 1. The lowest BCUT2D eigenvalue weighted by molar-refractivity contribution is 0.961. The molecular formula is C18H23N. The van der Waals surface area contributed by atoms with Crippen LogP contribution in [0.1, 0.15) is 23.6 Å². The highest BCUT2D eigenvalue weighted by Crippen LogP contribution is 2.26. The standard InChI is InChI=1S/C18H23N/c1-5-8-16(6-2)14(4)18-10-9-15(11-12-19)13-17(18)7-3/h5-6,8-10,13H,1-2,4,7,11-12,19H2,3H3/b16-8+. The van der Waals surface area contributed by atoms with E-state index in [1.54, 1.807) is 6.08 Å². The summed E-state index contributed by atoms with van der Waals surface area (Å²) in [6.45, 7) is 14.6. The largest absolute Gasteiger partial charge is 0.330 e. The second kappa shape index (κ2) is 7.55. The highest BCUT2D eigenvalue weighted by molar-refractivity contribution is 5.82. The van der Waals surface area contributed by atoms with Crippen LogP contribution in [-0.4, -0.2) is 6.54 Å². The van der Waals surface area contributed by atoms with Crippen LogP contribution in [0.4, 0.5) is 0 Å². The summed E-state index contributed by atoms with van der Waals surface area (Å²) in [5, 5.41) is 0. The Bertz CT molecular complexity index is 506. The van der Waals surface area contributed by atoms with Crippen molar-refractivity contribution in [2.75, 3.05) is 6.54 Å². The maximum atomic E-state index is 5.61. The van der Waals surface area contributed by atoms with E-state index in [1.165, 1.54) is 16.7 Å². The van der Waals surface area contributed by atoms with Crippen molar-refractivity contribution in [3.8, 4) is 0 Å². The van der Waals surface area contributed by atoms with Gasteiger partial charge in [0.25, 0.3) is 0 Å². The zero-order chi connectivity index (χ0) is 14.3. The zero-order valence-corrected chi connectivity index (χ0v) is 11.8. The second-order valence-electron chi connectivity index (χ2n) is 4.42. The molecule has 0 fully saturated rings. The Morgan fingerprint density at radius 2 is 2.05 bits per heavy atom. The number of rotatable bonds is 7. The maximum Gasteiger partial charge on any atom is -0.00367 e. The topological polar surface area (TPSA) is 26.0 Å². The third-order valence-corrected chi connectivity index (χ3v) is 3.17. The van der Waals surface area contributed by atoms with E-state index >= 15 is 0 Å². The fourth-order valence-corrected chi connectivity index (χ4v) is 2.13. The van der Waals surface area contributed by atoms with E-state index in [4.69, 9.17) is 5.73 Å². The van der Waals surface area contributed by atoms with Gasteiger partial charge in [0.2, 0.25) is 0 Å². The van der Waals surface area contributed by atoms with E-state index in [1.807, 2.05) is 12.2 Å². The summed E-state index contributed by atoms with van der Waals surface area (Å²) in [4.78, 5) is 0. The molecule has 0 bridgehead atoms. The van der Waals surface area contributed by atoms with Crippen molar-refractivity contribution < 1.29 is 0 Å². The first kappa shape index (κ1) is 15.2. The Balaban J connectivity index is 3.19. The molecule has 1 nitrogen and oxygen atoms in total. The molecule has 1 aromatic carbocycles. The van der Waals surface area contributed by atoms with Crippen LogP contribution in [0, 0.1) is 0 Å². The Hall–Kier alpha value is -1.86. The third kappa shape index (κ3) is 3.80. The number of aryl methyl sites for hydroxylation is 1. The minimum absolute atomic E-state index is 0.678. The van der Waals surface area contributed by atoms with Gasteiger partial charge in [-0.15, -0.1) is 0 Å². The molecule has 1 heteroatoms.